The maximum absolute atomic E-state index is 11.8. The number of carbonyl (C=O) groups excluding carboxylic acids is 1. The molecule has 1 atom stereocenters. The van der Waals surface area contributed by atoms with Gasteiger partial charge in [0.25, 0.3) is 0 Å². The fourth-order valence-corrected chi connectivity index (χ4v) is 1.92. The Morgan fingerprint density at radius 2 is 2.15 bits per heavy atom. The predicted octanol–water partition coefficient (Wildman–Crippen LogP) is 1.86. The molecule has 0 aliphatic rings. The molecule has 20 heavy (non-hydrogen) atoms. The minimum Gasteiger partial charge on any atom is -0.508 e. The van der Waals surface area contributed by atoms with Crippen LogP contribution < -0.4 is 5.32 Å². The third-order valence-corrected chi connectivity index (χ3v) is 3.00. The van der Waals surface area contributed by atoms with E-state index in [1.807, 2.05) is 12.1 Å². The molecule has 0 bridgehead atoms. The first-order chi connectivity index (χ1) is 9.70. The molecule has 106 valence electrons. The lowest BCUT2D eigenvalue weighted by atomic mass is 10.0. The molecule has 1 aromatic heterocycles. The summed E-state index contributed by atoms with van der Waals surface area (Å²) in [5.74, 6) is 0.525. The number of hydrogen-bond donors (Lipinski definition) is 2. The molecule has 0 saturated heterocycles. The second kappa shape index (κ2) is 6.77. The highest BCUT2D eigenvalue weighted by atomic mass is 16.5. The standard InChI is InChI=1S/C15H17NO4/c1-19-15(18)13(16-10-12-6-4-8-20-12)9-11-5-2-3-7-14(11)17/h2-8,13,16-17H,9-10H2,1H3. The van der Waals surface area contributed by atoms with E-state index >= 15 is 0 Å². The molecule has 1 heterocycles. The Balaban J connectivity index is 2.04. The van der Waals surface area contributed by atoms with Crippen LogP contribution in [0, 0.1) is 0 Å². The summed E-state index contributed by atoms with van der Waals surface area (Å²) in [6.07, 6.45) is 1.92. The van der Waals surface area contributed by atoms with E-state index in [-0.39, 0.29) is 11.7 Å². The van der Waals surface area contributed by atoms with Gasteiger partial charge in [-0.3, -0.25) is 10.1 Å². The molecule has 0 saturated carbocycles. The molecule has 5 nitrogen and oxygen atoms in total. The highest BCUT2D eigenvalue weighted by molar-refractivity contribution is 5.76. The number of para-hydroxylation sites is 1. The van der Waals surface area contributed by atoms with E-state index in [1.165, 1.54) is 7.11 Å². The third kappa shape index (κ3) is 3.61. The minimum absolute atomic E-state index is 0.168. The molecule has 0 fully saturated rings. The van der Waals surface area contributed by atoms with Crippen molar-refractivity contribution in [2.24, 2.45) is 0 Å². The quantitative estimate of drug-likeness (QED) is 0.787. The maximum Gasteiger partial charge on any atom is 0.323 e. The number of carbonyl (C=O) groups is 1. The number of esters is 1. The Bertz CT molecular complexity index is 551. The fraction of sp³-hybridized carbons (Fsp3) is 0.267. The Morgan fingerprint density at radius 1 is 1.35 bits per heavy atom. The van der Waals surface area contributed by atoms with Gasteiger partial charge in [0.15, 0.2) is 0 Å². The van der Waals surface area contributed by atoms with Gasteiger partial charge < -0.3 is 14.3 Å². The van der Waals surface area contributed by atoms with Gasteiger partial charge >= 0.3 is 5.97 Å². The number of benzene rings is 1. The van der Waals surface area contributed by atoms with Crippen LogP contribution in [-0.2, 0) is 22.5 Å². The number of nitrogens with one attached hydrogen (secondary N) is 1. The normalized spacial score (nSPS) is 12.1. The maximum atomic E-state index is 11.8. The van der Waals surface area contributed by atoms with Crippen LogP contribution in [0.5, 0.6) is 5.75 Å². The number of ether oxygens (including phenoxy) is 1. The summed E-state index contributed by atoms with van der Waals surface area (Å²) < 4.78 is 9.99. The van der Waals surface area contributed by atoms with Crippen molar-refractivity contribution in [1.82, 2.24) is 5.32 Å². The zero-order valence-corrected chi connectivity index (χ0v) is 11.2. The Kier molecular flexibility index (Phi) is 4.79. The Morgan fingerprint density at radius 3 is 2.80 bits per heavy atom. The summed E-state index contributed by atoms with van der Waals surface area (Å²) in [6.45, 7) is 0.417. The van der Waals surface area contributed by atoms with Crippen LogP contribution >= 0.6 is 0 Å². The molecule has 1 aromatic carbocycles. The van der Waals surface area contributed by atoms with Gasteiger partial charge in [0, 0.05) is 6.42 Å². The molecule has 2 rings (SSSR count). The molecule has 0 aliphatic heterocycles. The van der Waals surface area contributed by atoms with Crippen LogP contribution in [0.4, 0.5) is 0 Å². The number of phenols is 1. The Labute approximate surface area is 117 Å². The van der Waals surface area contributed by atoms with Crippen molar-refractivity contribution in [3.63, 3.8) is 0 Å². The van der Waals surface area contributed by atoms with Crippen LogP contribution in [0.3, 0.4) is 0 Å². The van der Waals surface area contributed by atoms with Crippen molar-refractivity contribution >= 4 is 5.97 Å². The number of rotatable bonds is 6. The minimum atomic E-state index is -0.543. The van der Waals surface area contributed by atoms with E-state index in [4.69, 9.17) is 9.15 Å². The highest BCUT2D eigenvalue weighted by Crippen LogP contribution is 2.18. The van der Waals surface area contributed by atoms with Crippen molar-refractivity contribution < 1.29 is 19.1 Å². The van der Waals surface area contributed by atoms with Gasteiger partial charge in [0.1, 0.15) is 17.6 Å². The summed E-state index contributed by atoms with van der Waals surface area (Å²) in [7, 11) is 1.34. The van der Waals surface area contributed by atoms with Crippen molar-refractivity contribution in [1.29, 1.82) is 0 Å². The van der Waals surface area contributed by atoms with Gasteiger partial charge in [-0.1, -0.05) is 18.2 Å². The average Bonchev–Trinajstić information content (AvgIpc) is 2.97. The number of furan rings is 1. The number of aromatic hydroxyl groups is 1. The van der Waals surface area contributed by atoms with Crippen LogP contribution in [0.2, 0.25) is 0 Å². The highest BCUT2D eigenvalue weighted by Gasteiger charge is 2.20. The lowest BCUT2D eigenvalue weighted by molar-refractivity contribution is -0.143. The summed E-state index contributed by atoms with van der Waals surface area (Å²) in [4.78, 5) is 11.8. The second-order valence-electron chi connectivity index (χ2n) is 4.37. The Hall–Kier alpha value is -2.27. The smallest absolute Gasteiger partial charge is 0.323 e. The fourth-order valence-electron chi connectivity index (χ4n) is 1.92. The van der Waals surface area contributed by atoms with Gasteiger partial charge in [-0.15, -0.1) is 0 Å². The van der Waals surface area contributed by atoms with Crippen molar-refractivity contribution in [3.8, 4) is 5.75 Å². The summed E-state index contributed by atoms with van der Waals surface area (Å²) >= 11 is 0. The van der Waals surface area contributed by atoms with E-state index in [2.05, 4.69) is 5.32 Å². The summed E-state index contributed by atoms with van der Waals surface area (Å²) in [6, 6.07) is 9.99. The van der Waals surface area contributed by atoms with Gasteiger partial charge in [-0.05, 0) is 23.8 Å². The van der Waals surface area contributed by atoms with Crippen molar-refractivity contribution in [3.05, 3.63) is 54.0 Å². The largest absolute Gasteiger partial charge is 0.508 e. The molecule has 1 unspecified atom stereocenters. The van der Waals surface area contributed by atoms with Gasteiger partial charge in [-0.2, -0.15) is 0 Å². The monoisotopic (exact) mass is 275 g/mol. The lowest BCUT2D eigenvalue weighted by Crippen LogP contribution is -2.39. The molecular weight excluding hydrogens is 258 g/mol. The molecule has 2 aromatic rings. The average molecular weight is 275 g/mol. The zero-order chi connectivity index (χ0) is 14.4. The van der Waals surface area contributed by atoms with E-state index < -0.39 is 6.04 Å². The van der Waals surface area contributed by atoms with Crippen molar-refractivity contribution in [2.75, 3.05) is 7.11 Å². The van der Waals surface area contributed by atoms with Gasteiger partial charge in [-0.25, -0.2) is 0 Å². The summed E-state index contributed by atoms with van der Waals surface area (Å²) in [5.41, 5.74) is 0.690. The van der Waals surface area contributed by atoms with E-state index in [0.29, 0.717) is 18.5 Å². The molecule has 0 radical (unpaired) electrons. The number of hydrogen-bond acceptors (Lipinski definition) is 5. The van der Waals surface area contributed by atoms with Crippen LogP contribution in [0.25, 0.3) is 0 Å². The zero-order valence-electron chi connectivity index (χ0n) is 11.2. The van der Waals surface area contributed by atoms with Crippen LogP contribution in [0.1, 0.15) is 11.3 Å². The molecular formula is C15H17NO4. The number of methoxy groups -OCH3 is 1. The predicted molar refractivity (Wildman–Crippen MR) is 73.2 cm³/mol. The SMILES string of the molecule is COC(=O)C(Cc1ccccc1O)NCc1ccco1. The first kappa shape index (κ1) is 14.1. The summed E-state index contributed by atoms with van der Waals surface area (Å²) in [5, 5.41) is 12.8. The molecule has 0 spiro atoms. The van der Waals surface area contributed by atoms with Crippen LogP contribution in [-0.4, -0.2) is 24.2 Å². The molecule has 5 heteroatoms. The number of phenolic OH excluding ortho intramolecular Hbond substituents is 1. The van der Waals surface area contributed by atoms with Gasteiger partial charge in [0.05, 0.1) is 19.9 Å². The third-order valence-electron chi connectivity index (χ3n) is 3.00. The van der Waals surface area contributed by atoms with Gasteiger partial charge in [0.2, 0.25) is 0 Å². The molecule has 0 amide bonds. The topological polar surface area (TPSA) is 71.7 Å². The molecule has 2 N–H and O–H groups in total. The van der Waals surface area contributed by atoms with Crippen molar-refractivity contribution in [2.45, 2.75) is 19.0 Å². The molecule has 0 aliphatic carbocycles. The van der Waals surface area contributed by atoms with Crippen LogP contribution in [0.15, 0.2) is 47.1 Å². The first-order valence-electron chi connectivity index (χ1n) is 6.31. The van der Waals surface area contributed by atoms with E-state index in [0.717, 1.165) is 5.76 Å². The first-order valence-corrected chi connectivity index (χ1v) is 6.31. The lowest BCUT2D eigenvalue weighted by Gasteiger charge is -2.16. The second-order valence-corrected chi connectivity index (χ2v) is 4.37. The van der Waals surface area contributed by atoms with E-state index in [1.54, 1.807) is 30.5 Å². The van der Waals surface area contributed by atoms with E-state index in [9.17, 15) is 9.90 Å².